The molecular formula is C15H17N3O2. The molecule has 1 aromatic heterocycles. The Labute approximate surface area is 117 Å². The Bertz CT molecular complexity index is 594. The fourth-order valence-corrected chi connectivity index (χ4v) is 2.88. The lowest BCUT2D eigenvalue weighted by Gasteiger charge is -2.24. The molecule has 104 valence electrons. The third kappa shape index (κ3) is 2.44. The van der Waals surface area contributed by atoms with Gasteiger partial charge in [0.15, 0.2) is 0 Å². The van der Waals surface area contributed by atoms with Crippen molar-refractivity contribution in [1.29, 1.82) is 0 Å². The van der Waals surface area contributed by atoms with E-state index < -0.39 is 5.97 Å². The number of aromatic nitrogens is 2. The number of hydrogen-bond acceptors (Lipinski definition) is 3. The standard InChI is InChI=1S/C15H17N3O2/c19-15(20)12-9-16-17-14(12)13-7-4-8-18(13)10-11-5-2-1-3-6-11/h1-3,5-6,9,13H,4,7-8,10H2,(H,16,17)(H,19,20). The third-order valence-electron chi connectivity index (χ3n) is 3.82. The molecule has 1 aliphatic heterocycles. The minimum Gasteiger partial charge on any atom is -0.478 e. The molecule has 2 aromatic rings. The van der Waals surface area contributed by atoms with Crippen molar-refractivity contribution >= 4 is 5.97 Å². The Hall–Kier alpha value is -2.14. The zero-order valence-corrected chi connectivity index (χ0v) is 11.1. The van der Waals surface area contributed by atoms with Crippen molar-refractivity contribution in [2.24, 2.45) is 0 Å². The monoisotopic (exact) mass is 271 g/mol. The van der Waals surface area contributed by atoms with Gasteiger partial charge in [-0.2, -0.15) is 5.10 Å². The molecule has 1 aromatic carbocycles. The van der Waals surface area contributed by atoms with Gasteiger partial charge >= 0.3 is 5.97 Å². The van der Waals surface area contributed by atoms with Gasteiger partial charge in [0.2, 0.25) is 0 Å². The third-order valence-corrected chi connectivity index (χ3v) is 3.82. The van der Waals surface area contributed by atoms with Gasteiger partial charge < -0.3 is 5.11 Å². The molecule has 20 heavy (non-hydrogen) atoms. The van der Waals surface area contributed by atoms with Crippen molar-refractivity contribution in [3.63, 3.8) is 0 Å². The first-order valence-corrected chi connectivity index (χ1v) is 6.80. The number of benzene rings is 1. The number of rotatable bonds is 4. The summed E-state index contributed by atoms with van der Waals surface area (Å²) in [5.41, 5.74) is 2.26. The van der Waals surface area contributed by atoms with Crippen molar-refractivity contribution < 1.29 is 9.90 Å². The first-order chi connectivity index (χ1) is 9.75. The Morgan fingerprint density at radius 3 is 2.95 bits per heavy atom. The molecule has 2 N–H and O–H groups in total. The van der Waals surface area contributed by atoms with Gasteiger partial charge in [0.05, 0.1) is 17.9 Å². The van der Waals surface area contributed by atoms with E-state index in [4.69, 9.17) is 0 Å². The average molecular weight is 271 g/mol. The SMILES string of the molecule is O=C(O)c1cn[nH]c1C1CCCN1Cc1ccccc1. The van der Waals surface area contributed by atoms with E-state index in [0.29, 0.717) is 0 Å². The maximum absolute atomic E-state index is 11.2. The first kappa shape index (κ1) is 12.9. The quantitative estimate of drug-likeness (QED) is 0.896. The van der Waals surface area contributed by atoms with Crippen molar-refractivity contribution in [2.75, 3.05) is 6.54 Å². The molecule has 5 heteroatoms. The van der Waals surface area contributed by atoms with Crippen LogP contribution in [0.1, 0.15) is 40.5 Å². The molecule has 0 bridgehead atoms. The summed E-state index contributed by atoms with van der Waals surface area (Å²) in [6, 6.07) is 10.4. The van der Waals surface area contributed by atoms with Crippen LogP contribution in [0.4, 0.5) is 0 Å². The molecule has 0 amide bonds. The van der Waals surface area contributed by atoms with Crippen LogP contribution in [0, 0.1) is 0 Å². The van der Waals surface area contributed by atoms with E-state index in [1.807, 2.05) is 18.2 Å². The summed E-state index contributed by atoms with van der Waals surface area (Å²) < 4.78 is 0. The van der Waals surface area contributed by atoms with Crippen LogP contribution in [0.15, 0.2) is 36.5 Å². The highest BCUT2D eigenvalue weighted by atomic mass is 16.4. The van der Waals surface area contributed by atoms with E-state index in [1.54, 1.807) is 0 Å². The molecule has 1 fully saturated rings. The lowest BCUT2D eigenvalue weighted by atomic mass is 10.1. The fraction of sp³-hybridized carbons (Fsp3) is 0.333. The maximum atomic E-state index is 11.2. The molecule has 5 nitrogen and oxygen atoms in total. The molecule has 1 unspecified atom stereocenters. The minimum absolute atomic E-state index is 0.115. The number of aromatic carboxylic acids is 1. The zero-order valence-electron chi connectivity index (χ0n) is 11.1. The molecule has 1 aliphatic rings. The highest BCUT2D eigenvalue weighted by Gasteiger charge is 2.30. The lowest BCUT2D eigenvalue weighted by Crippen LogP contribution is -2.24. The fourth-order valence-electron chi connectivity index (χ4n) is 2.88. The zero-order chi connectivity index (χ0) is 13.9. The number of aromatic amines is 1. The Kier molecular flexibility index (Phi) is 3.52. The molecule has 0 saturated carbocycles. The van der Waals surface area contributed by atoms with Crippen molar-refractivity contribution in [3.8, 4) is 0 Å². The van der Waals surface area contributed by atoms with E-state index in [-0.39, 0.29) is 11.6 Å². The second-order valence-corrected chi connectivity index (χ2v) is 5.12. The first-order valence-electron chi connectivity index (χ1n) is 6.80. The normalized spacial score (nSPS) is 19.3. The Morgan fingerprint density at radius 1 is 1.40 bits per heavy atom. The number of hydrogen-bond donors (Lipinski definition) is 2. The van der Waals surface area contributed by atoms with Gasteiger partial charge in [0.1, 0.15) is 5.56 Å². The van der Waals surface area contributed by atoms with Crippen LogP contribution in [0.5, 0.6) is 0 Å². The van der Waals surface area contributed by atoms with Crippen LogP contribution in [0.2, 0.25) is 0 Å². The van der Waals surface area contributed by atoms with Crippen LogP contribution < -0.4 is 0 Å². The summed E-state index contributed by atoms with van der Waals surface area (Å²) in [4.78, 5) is 13.5. The lowest BCUT2D eigenvalue weighted by molar-refractivity contribution is 0.0693. The van der Waals surface area contributed by atoms with Crippen LogP contribution in [0.25, 0.3) is 0 Å². The van der Waals surface area contributed by atoms with Crippen molar-refractivity contribution in [2.45, 2.75) is 25.4 Å². The van der Waals surface area contributed by atoms with Crippen molar-refractivity contribution in [3.05, 3.63) is 53.3 Å². The predicted molar refractivity (Wildman–Crippen MR) is 74.4 cm³/mol. The highest BCUT2D eigenvalue weighted by molar-refractivity contribution is 5.88. The Morgan fingerprint density at radius 2 is 2.20 bits per heavy atom. The molecule has 1 atom stereocenters. The Balaban J connectivity index is 1.82. The van der Waals surface area contributed by atoms with Gasteiger partial charge in [-0.3, -0.25) is 10.00 Å². The number of carbonyl (C=O) groups is 1. The summed E-state index contributed by atoms with van der Waals surface area (Å²) in [6.07, 6.45) is 3.45. The van der Waals surface area contributed by atoms with Gasteiger partial charge in [0, 0.05) is 6.54 Å². The summed E-state index contributed by atoms with van der Waals surface area (Å²) in [7, 11) is 0. The maximum Gasteiger partial charge on any atom is 0.339 e. The molecular weight excluding hydrogens is 254 g/mol. The topological polar surface area (TPSA) is 69.2 Å². The highest BCUT2D eigenvalue weighted by Crippen LogP contribution is 2.33. The second-order valence-electron chi connectivity index (χ2n) is 5.12. The van der Waals surface area contributed by atoms with E-state index in [9.17, 15) is 9.90 Å². The van der Waals surface area contributed by atoms with E-state index >= 15 is 0 Å². The molecule has 0 radical (unpaired) electrons. The second kappa shape index (κ2) is 5.46. The number of nitrogens with zero attached hydrogens (tertiary/aromatic N) is 2. The average Bonchev–Trinajstić information content (AvgIpc) is 3.07. The largest absolute Gasteiger partial charge is 0.478 e. The van der Waals surface area contributed by atoms with Crippen LogP contribution >= 0.6 is 0 Å². The molecule has 2 heterocycles. The molecule has 0 aliphatic carbocycles. The van der Waals surface area contributed by atoms with Gasteiger partial charge in [-0.25, -0.2) is 4.79 Å². The van der Waals surface area contributed by atoms with Gasteiger partial charge in [0.25, 0.3) is 0 Å². The number of nitrogens with one attached hydrogen (secondary N) is 1. The van der Waals surface area contributed by atoms with E-state index in [1.165, 1.54) is 11.8 Å². The summed E-state index contributed by atoms with van der Waals surface area (Å²) >= 11 is 0. The number of likely N-dealkylation sites (tertiary alicyclic amines) is 1. The van der Waals surface area contributed by atoms with Crippen LogP contribution in [-0.4, -0.2) is 32.7 Å². The molecule has 1 saturated heterocycles. The molecule has 3 rings (SSSR count). The minimum atomic E-state index is -0.916. The summed E-state index contributed by atoms with van der Waals surface area (Å²) in [5, 5.41) is 16.0. The van der Waals surface area contributed by atoms with Gasteiger partial charge in [-0.05, 0) is 24.9 Å². The number of carboxylic acid groups (broad SMARTS) is 1. The summed E-state index contributed by atoms with van der Waals surface area (Å²) in [5.74, 6) is -0.916. The van der Waals surface area contributed by atoms with Gasteiger partial charge in [-0.15, -0.1) is 0 Å². The van der Waals surface area contributed by atoms with E-state index in [0.717, 1.165) is 31.6 Å². The number of H-pyrrole nitrogens is 1. The van der Waals surface area contributed by atoms with E-state index in [2.05, 4.69) is 27.2 Å². The smallest absolute Gasteiger partial charge is 0.339 e. The van der Waals surface area contributed by atoms with Crippen LogP contribution in [0.3, 0.4) is 0 Å². The summed E-state index contributed by atoms with van der Waals surface area (Å²) in [6.45, 7) is 1.82. The number of carboxylic acids is 1. The van der Waals surface area contributed by atoms with Crippen LogP contribution in [-0.2, 0) is 6.54 Å². The predicted octanol–water partition coefficient (Wildman–Crippen LogP) is 2.45. The van der Waals surface area contributed by atoms with Crippen molar-refractivity contribution in [1.82, 2.24) is 15.1 Å². The van der Waals surface area contributed by atoms with Gasteiger partial charge in [-0.1, -0.05) is 30.3 Å². The molecule has 0 spiro atoms.